The maximum atomic E-state index is 12.9. The van der Waals surface area contributed by atoms with Crippen LogP contribution < -0.4 is 15.5 Å². The first-order chi connectivity index (χ1) is 13.1. The van der Waals surface area contributed by atoms with Gasteiger partial charge in [0.1, 0.15) is 0 Å². The van der Waals surface area contributed by atoms with E-state index < -0.39 is 0 Å². The Labute approximate surface area is 174 Å². The number of likely N-dealkylation sites (tertiary alicyclic amines) is 1. The molecule has 2 aliphatic rings. The number of nitrogens with one attached hydrogen (secondary N) is 2. The van der Waals surface area contributed by atoms with Gasteiger partial charge in [0.05, 0.1) is 12.1 Å². The van der Waals surface area contributed by atoms with Gasteiger partial charge in [-0.05, 0) is 63.7 Å². The summed E-state index contributed by atoms with van der Waals surface area (Å²) in [6.45, 7) is 5.41. The van der Waals surface area contributed by atoms with E-state index in [1.165, 1.54) is 0 Å². The van der Waals surface area contributed by atoms with Gasteiger partial charge in [-0.25, -0.2) is 0 Å². The second kappa shape index (κ2) is 10.8. The Bertz CT molecular complexity index is 637. The highest BCUT2D eigenvalue weighted by Gasteiger charge is 2.30. The van der Waals surface area contributed by atoms with E-state index in [-0.39, 0.29) is 36.3 Å². The zero-order valence-corrected chi connectivity index (χ0v) is 17.7. The van der Waals surface area contributed by atoms with Crippen molar-refractivity contribution in [3.63, 3.8) is 0 Å². The van der Waals surface area contributed by atoms with Crippen molar-refractivity contribution in [1.82, 2.24) is 15.5 Å². The Morgan fingerprint density at radius 2 is 2.00 bits per heavy atom. The van der Waals surface area contributed by atoms with Gasteiger partial charge in [-0.3, -0.25) is 14.5 Å². The highest BCUT2D eigenvalue weighted by atomic mass is 35.5. The minimum absolute atomic E-state index is 0. The first-order valence-corrected chi connectivity index (χ1v) is 10.1. The summed E-state index contributed by atoms with van der Waals surface area (Å²) in [5, 5.41) is 6.35. The molecule has 1 aromatic rings. The van der Waals surface area contributed by atoms with E-state index in [1.807, 2.05) is 44.3 Å². The Hall–Kier alpha value is -1.63. The largest absolute Gasteiger partial charge is 0.354 e. The zero-order valence-electron chi connectivity index (χ0n) is 16.9. The lowest BCUT2D eigenvalue weighted by Crippen LogP contribution is -2.51. The SMILES string of the molecule is CC(C(=O)N(C)c1ccccc1)N1CCCC(CNC(=O)C2CCCN2)C1.Cl. The van der Waals surface area contributed by atoms with Gasteiger partial charge >= 0.3 is 0 Å². The molecule has 1 aromatic carbocycles. The number of amides is 2. The number of para-hydroxylation sites is 1. The molecule has 0 aliphatic carbocycles. The van der Waals surface area contributed by atoms with Crippen LogP contribution >= 0.6 is 12.4 Å². The number of likely N-dealkylation sites (N-methyl/N-ethyl adjacent to an activating group) is 1. The van der Waals surface area contributed by atoms with Crippen molar-refractivity contribution in [2.24, 2.45) is 5.92 Å². The van der Waals surface area contributed by atoms with Crippen LogP contribution in [0.15, 0.2) is 30.3 Å². The number of hydrogen-bond donors (Lipinski definition) is 2. The van der Waals surface area contributed by atoms with E-state index in [2.05, 4.69) is 15.5 Å². The fourth-order valence-electron chi connectivity index (χ4n) is 4.11. The number of carbonyl (C=O) groups is 2. The molecule has 2 fully saturated rings. The van der Waals surface area contributed by atoms with Crippen LogP contribution in [0.2, 0.25) is 0 Å². The monoisotopic (exact) mass is 408 g/mol. The Morgan fingerprint density at radius 3 is 2.68 bits per heavy atom. The van der Waals surface area contributed by atoms with E-state index in [4.69, 9.17) is 0 Å². The molecule has 0 bridgehead atoms. The Balaban J connectivity index is 0.00000280. The van der Waals surface area contributed by atoms with E-state index >= 15 is 0 Å². The Morgan fingerprint density at radius 1 is 1.25 bits per heavy atom. The molecule has 7 heteroatoms. The first-order valence-electron chi connectivity index (χ1n) is 10.1. The molecule has 3 unspecified atom stereocenters. The molecule has 3 rings (SSSR count). The summed E-state index contributed by atoms with van der Waals surface area (Å²) < 4.78 is 0. The summed E-state index contributed by atoms with van der Waals surface area (Å²) in [6, 6.07) is 9.57. The van der Waals surface area contributed by atoms with Crippen LogP contribution in [0.5, 0.6) is 0 Å². The van der Waals surface area contributed by atoms with E-state index in [1.54, 1.807) is 4.90 Å². The third-order valence-electron chi connectivity index (χ3n) is 5.87. The molecule has 3 atom stereocenters. The van der Waals surface area contributed by atoms with Crippen molar-refractivity contribution < 1.29 is 9.59 Å². The summed E-state index contributed by atoms with van der Waals surface area (Å²) in [7, 11) is 1.84. The van der Waals surface area contributed by atoms with Gasteiger partial charge in [-0.1, -0.05) is 18.2 Å². The second-order valence-electron chi connectivity index (χ2n) is 7.81. The lowest BCUT2D eigenvalue weighted by Gasteiger charge is -2.37. The van der Waals surface area contributed by atoms with Crippen LogP contribution in [0.3, 0.4) is 0 Å². The number of halogens is 1. The second-order valence-corrected chi connectivity index (χ2v) is 7.81. The third-order valence-corrected chi connectivity index (χ3v) is 5.87. The maximum absolute atomic E-state index is 12.9. The van der Waals surface area contributed by atoms with Crippen molar-refractivity contribution in [2.45, 2.75) is 44.7 Å². The summed E-state index contributed by atoms with van der Waals surface area (Å²) in [5.41, 5.74) is 0.916. The lowest BCUT2D eigenvalue weighted by molar-refractivity contribution is -0.125. The average molecular weight is 409 g/mol. The molecule has 6 nitrogen and oxygen atoms in total. The summed E-state index contributed by atoms with van der Waals surface area (Å²) in [5.74, 6) is 0.639. The topological polar surface area (TPSA) is 64.7 Å². The van der Waals surface area contributed by atoms with Crippen molar-refractivity contribution in [3.8, 4) is 0 Å². The number of carbonyl (C=O) groups excluding carboxylic acids is 2. The number of piperidine rings is 1. The standard InChI is InChI=1S/C21H32N4O2.ClH/c1-16(21(27)24(2)18-9-4-3-5-10-18)25-13-7-8-17(15-25)14-23-20(26)19-11-6-12-22-19;/h3-5,9-10,16-17,19,22H,6-8,11-15H2,1-2H3,(H,23,26);1H. The molecular formula is C21H33ClN4O2. The van der Waals surface area contributed by atoms with Gasteiger partial charge < -0.3 is 15.5 Å². The number of nitrogens with zero attached hydrogens (tertiary/aromatic N) is 2. The first kappa shape index (κ1) is 22.7. The molecule has 0 spiro atoms. The highest BCUT2D eigenvalue weighted by molar-refractivity contribution is 5.96. The molecular weight excluding hydrogens is 376 g/mol. The Kier molecular flexibility index (Phi) is 8.73. The molecule has 28 heavy (non-hydrogen) atoms. The number of benzene rings is 1. The van der Waals surface area contributed by atoms with Crippen LogP contribution in [-0.2, 0) is 9.59 Å². The van der Waals surface area contributed by atoms with Crippen LogP contribution in [0.25, 0.3) is 0 Å². The van der Waals surface area contributed by atoms with Crippen LogP contribution in [0, 0.1) is 5.92 Å². The summed E-state index contributed by atoms with van der Waals surface area (Å²) in [4.78, 5) is 29.1. The highest BCUT2D eigenvalue weighted by Crippen LogP contribution is 2.20. The molecule has 156 valence electrons. The molecule has 0 radical (unpaired) electrons. The maximum Gasteiger partial charge on any atom is 0.243 e. The summed E-state index contributed by atoms with van der Waals surface area (Å²) >= 11 is 0. The van der Waals surface area contributed by atoms with E-state index in [9.17, 15) is 9.59 Å². The molecule has 0 saturated carbocycles. The van der Waals surface area contributed by atoms with Gasteiger partial charge in [0.15, 0.2) is 0 Å². The third kappa shape index (κ3) is 5.69. The number of rotatable bonds is 6. The van der Waals surface area contributed by atoms with Gasteiger partial charge in [-0.2, -0.15) is 0 Å². The summed E-state index contributed by atoms with van der Waals surface area (Å²) in [6.07, 6.45) is 4.17. The fraction of sp³-hybridized carbons (Fsp3) is 0.619. The van der Waals surface area contributed by atoms with Crippen LogP contribution in [0.4, 0.5) is 5.69 Å². The van der Waals surface area contributed by atoms with Gasteiger partial charge in [-0.15, -0.1) is 12.4 Å². The molecule has 2 heterocycles. The normalized spacial score (nSPS) is 23.5. The van der Waals surface area contributed by atoms with Crippen molar-refractivity contribution in [3.05, 3.63) is 30.3 Å². The minimum atomic E-state index is -0.162. The van der Waals surface area contributed by atoms with E-state index in [0.29, 0.717) is 12.5 Å². The van der Waals surface area contributed by atoms with Gasteiger partial charge in [0.25, 0.3) is 0 Å². The molecule has 2 aliphatic heterocycles. The predicted molar refractivity (Wildman–Crippen MR) is 115 cm³/mol. The molecule has 0 aromatic heterocycles. The van der Waals surface area contributed by atoms with Gasteiger partial charge in [0.2, 0.25) is 11.8 Å². The van der Waals surface area contributed by atoms with E-state index in [0.717, 1.165) is 51.0 Å². The number of anilines is 1. The fourth-order valence-corrected chi connectivity index (χ4v) is 4.11. The molecule has 2 N–H and O–H groups in total. The zero-order chi connectivity index (χ0) is 19.2. The van der Waals surface area contributed by atoms with Crippen molar-refractivity contribution >= 4 is 29.9 Å². The van der Waals surface area contributed by atoms with Crippen LogP contribution in [0.1, 0.15) is 32.6 Å². The van der Waals surface area contributed by atoms with Crippen molar-refractivity contribution in [2.75, 3.05) is 38.1 Å². The minimum Gasteiger partial charge on any atom is -0.354 e. The smallest absolute Gasteiger partial charge is 0.243 e. The number of hydrogen-bond acceptors (Lipinski definition) is 4. The predicted octanol–water partition coefficient (Wildman–Crippen LogP) is 2.04. The molecule has 2 saturated heterocycles. The van der Waals surface area contributed by atoms with Gasteiger partial charge in [0, 0.05) is 25.8 Å². The average Bonchev–Trinajstić information content (AvgIpc) is 3.26. The lowest BCUT2D eigenvalue weighted by atomic mass is 9.96. The molecule has 2 amide bonds. The van der Waals surface area contributed by atoms with Crippen LogP contribution in [-0.4, -0.2) is 62.0 Å². The quantitative estimate of drug-likeness (QED) is 0.756. The van der Waals surface area contributed by atoms with Crippen molar-refractivity contribution in [1.29, 1.82) is 0 Å².